The van der Waals surface area contributed by atoms with E-state index in [4.69, 9.17) is 9.15 Å². The fourth-order valence-corrected chi connectivity index (χ4v) is 1.73. The van der Waals surface area contributed by atoms with E-state index in [-0.39, 0.29) is 0 Å². The van der Waals surface area contributed by atoms with E-state index in [2.05, 4.69) is 24.2 Å². The Hall–Kier alpha value is -0.840. The largest absolute Gasteiger partial charge is 0.465 e. The fourth-order valence-electron chi connectivity index (χ4n) is 1.73. The summed E-state index contributed by atoms with van der Waals surface area (Å²) < 4.78 is 10.6. The minimum atomic E-state index is 0.402. The average molecular weight is 240 g/mol. The molecule has 4 nitrogen and oxygen atoms in total. The van der Waals surface area contributed by atoms with Crippen molar-refractivity contribution >= 4 is 0 Å². The average Bonchev–Trinajstić information content (AvgIpc) is 2.64. The first-order valence-corrected chi connectivity index (χ1v) is 6.08. The predicted molar refractivity (Wildman–Crippen MR) is 69.1 cm³/mol. The van der Waals surface area contributed by atoms with Crippen LogP contribution < -0.4 is 5.32 Å². The smallest absolute Gasteiger partial charge is 0.118 e. The Morgan fingerprint density at radius 1 is 1.47 bits per heavy atom. The van der Waals surface area contributed by atoms with Gasteiger partial charge in [-0.2, -0.15) is 0 Å². The molecule has 1 aromatic rings. The van der Waals surface area contributed by atoms with Crippen LogP contribution in [-0.4, -0.2) is 44.8 Å². The molecule has 0 aliphatic carbocycles. The van der Waals surface area contributed by atoms with Gasteiger partial charge >= 0.3 is 0 Å². The van der Waals surface area contributed by atoms with E-state index in [1.807, 2.05) is 19.1 Å². The molecule has 0 amide bonds. The lowest BCUT2D eigenvalue weighted by Gasteiger charge is -2.18. The summed E-state index contributed by atoms with van der Waals surface area (Å²) in [6.45, 7) is 7.65. The summed E-state index contributed by atoms with van der Waals surface area (Å²) in [6.07, 6.45) is 0. The van der Waals surface area contributed by atoms with Gasteiger partial charge in [0.2, 0.25) is 0 Å². The maximum Gasteiger partial charge on any atom is 0.118 e. The van der Waals surface area contributed by atoms with Gasteiger partial charge in [-0.25, -0.2) is 0 Å². The van der Waals surface area contributed by atoms with Crippen molar-refractivity contribution in [1.82, 2.24) is 10.2 Å². The topological polar surface area (TPSA) is 37.6 Å². The van der Waals surface area contributed by atoms with Crippen LogP contribution in [0, 0.1) is 6.92 Å². The van der Waals surface area contributed by atoms with Gasteiger partial charge in [0, 0.05) is 26.2 Å². The molecule has 0 saturated carbocycles. The van der Waals surface area contributed by atoms with Gasteiger partial charge in [-0.15, -0.1) is 0 Å². The predicted octanol–water partition coefficient (Wildman–Crippen LogP) is 1.64. The van der Waals surface area contributed by atoms with E-state index in [9.17, 15) is 0 Å². The fraction of sp³-hybridized carbons (Fsp3) is 0.692. The molecule has 0 bridgehead atoms. The summed E-state index contributed by atoms with van der Waals surface area (Å²) in [5, 5.41) is 3.41. The third-order valence-corrected chi connectivity index (χ3v) is 2.62. The zero-order valence-corrected chi connectivity index (χ0v) is 11.3. The molecular formula is C13H24N2O2. The second-order valence-corrected chi connectivity index (χ2v) is 4.56. The van der Waals surface area contributed by atoms with Gasteiger partial charge in [0.15, 0.2) is 0 Å². The van der Waals surface area contributed by atoms with Crippen LogP contribution in [0.1, 0.15) is 18.4 Å². The highest BCUT2D eigenvalue weighted by atomic mass is 16.5. The maximum atomic E-state index is 5.54. The van der Waals surface area contributed by atoms with Crippen LogP contribution in [0.25, 0.3) is 0 Å². The van der Waals surface area contributed by atoms with Gasteiger partial charge in [-0.05, 0) is 33.0 Å². The quantitative estimate of drug-likeness (QED) is 0.749. The highest BCUT2D eigenvalue weighted by Crippen LogP contribution is 2.07. The number of nitrogens with one attached hydrogen (secondary N) is 1. The Morgan fingerprint density at radius 3 is 2.82 bits per heavy atom. The van der Waals surface area contributed by atoms with Crippen LogP contribution in [0.3, 0.4) is 0 Å². The number of aryl methyl sites for hydroxylation is 1. The SMILES string of the molecule is COCC(C)NCCN(C)Cc1ccc(C)o1. The van der Waals surface area contributed by atoms with Crippen molar-refractivity contribution in [3.8, 4) is 0 Å². The van der Waals surface area contributed by atoms with Crippen molar-refractivity contribution in [3.05, 3.63) is 23.7 Å². The minimum absolute atomic E-state index is 0.402. The zero-order chi connectivity index (χ0) is 12.7. The third-order valence-electron chi connectivity index (χ3n) is 2.62. The Balaban J connectivity index is 2.15. The molecule has 1 heterocycles. The molecule has 4 heteroatoms. The first-order chi connectivity index (χ1) is 8.11. The third kappa shape index (κ3) is 5.86. The molecule has 1 N–H and O–H groups in total. The number of furan rings is 1. The van der Waals surface area contributed by atoms with Crippen LogP contribution in [0.2, 0.25) is 0 Å². The van der Waals surface area contributed by atoms with Crippen LogP contribution in [0.15, 0.2) is 16.5 Å². The number of hydrogen-bond donors (Lipinski definition) is 1. The molecule has 1 rings (SSSR count). The summed E-state index contributed by atoms with van der Waals surface area (Å²) in [5.41, 5.74) is 0. The van der Waals surface area contributed by atoms with Crippen molar-refractivity contribution in [2.24, 2.45) is 0 Å². The molecular weight excluding hydrogens is 216 g/mol. The summed E-state index contributed by atoms with van der Waals surface area (Å²) in [6, 6.07) is 4.44. The van der Waals surface area contributed by atoms with Gasteiger partial charge in [-0.1, -0.05) is 0 Å². The molecule has 0 fully saturated rings. The van der Waals surface area contributed by atoms with Crippen molar-refractivity contribution in [3.63, 3.8) is 0 Å². The van der Waals surface area contributed by atoms with Crippen LogP contribution in [-0.2, 0) is 11.3 Å². The van der Waals surface area contributed by atoms with Gasteiger partial charge in [-0.3, -0.25) is 4.90 Å². The van der Waals surface area contributed by atoms with Crippen LogP contribution >= 0.6 is 0 Å². The molecule has 0 aromatic carbocycles. The monoisotopic (exact) mass is 240 g/mol. The lowest BCUT2D eigenvalue weighted by molar-refractivity contribution is 0.169. The molecule has 0 aliphatic heterocycles. The van der Waals surface area contributed by atoms with Gasteiger partial charge < -0.3 is 14.5 Å². The van der Waals surface area contributed by atoms with Crippen LogP contribution in [0.4, 0.5) is 0 Å². The summed E-state index contributed by atoms with van der Waals surface area (Å²) in [7, 11) is 3.82. The highest BCUT2D eigenvalue weighted by molar-refractivity contribution is 5.05. The van der Waals surface area contributed by atoms with Crippen molar-refractivity contribution in [1.29, 1.82) is 0 Å². The molecule has 0 aliphatic rings. The number of ether oxygens (including phenoxy) is 1. The lowest BCUT2D eigenvalue weighted by atomic mass is 10.3. The standard InChI is InChI=1S/C13H24N2O2/c1-11(10-16-4)14-7-8-15(3)9-13-6-5-12(2)17-13/h5-6,11,14H,7-10H2,1-4H3. The Morgan fingerprint density at radius 2 is 2.24 bits per heavy atom. The van der Waals surface area contributed by atoms with Crippen molar-refractivity contribution in [2.75, 3.05) is 33.9 Å². The van der Waals surface area contributed by atoms with Crippen molar-refractivity contribution in [2.45, 2.75) is 26.4 Å². The number of nitrogens with zero attached hydrogens (tertiary/aromatic N) is 1. The van der Waals surface area contributed by atoms with E-state index >= 15 is 0 Å². The van der Waals surface area contributed by atoms with Gasteiger partial charge in [0.1, 0.15) is 11.5 Å². The highest BCUT2D eigenvalue weighted by Gasteiger charge is 2.05. The lowest BCUT2D eigenvalue weighted by Crippen LogP contribution is -2.36. The number of rotatable bonds is 8. The normalized spacial score (nSPS) is 13.2. The molecule has 0 spiro atoms. The van der Waals surface area contributed by atoms with Crippen LogP contribution in [0.5, 0.6) is 0 Å². The number of hydrogen-bond acceptors (Lipinski definition) is 4. The molecule has 1 aromatic heterocycles. The molecule has 17 heavy (non-hydrogen) atoms. The second-order valence-electron chi connectivity index (χ2n) is 4.56. The van der Waals surface area contributed by atoms with E-state index in [0.717, 1.165) is 37.8 Å². The molecule has 98 valence electrons. The van der Waals surface area contributed by atoms with E-state index in [1.165, 1.54) is 0 Å². The Labute approximate surface area is 104 Å². The van der Waals surface area contributed by atoms with Crippen molar-refractivity contribution < 1.29 is 9.15 Å². The molecule has 0 saturated heterocycles. The summed E-state index contributed by atoms with van der Waals surface area (Å²) in [5.74, 6) is 2.00. The van der Waals surface area contributed by atoms with E-state index in [0.29, 0.717) is 6.04 Å². The summed E-state index contributed by atoms with van der Waals surface area (Å²) >= 11 is 0. The van der Waals surface area contributed by atoms with Gasteiger partial charge in [0.25, 0.3) is 0 Å². The zero-order valence-electron chi connectivity index (χ0n) is 11.3. The molecule has 0 radical (unpaired) electrons. The number of likely N-dealkylation sites (N-methyl/N-ethyl adjacent to an activating group) is 1. The Kier molecular flexibility index (Phi) is 6.26. The first-order valence-electron chi connectivity index (χ1n) is 6.08. The second kappa shape index (κ2) is 7.48. The Bertz CT molecular complexity index is 312. The minimum Gasteiger partial charge on any atom is -0.465 e. The first kappa shape index (κ1) is 14.2. The van der Waals surface area contributed by atoms with E-state index < -0.39 is 0 Å². The van der Waals surface area contributed by atoms with E-state index in [1.54, 1.807) is 7.11 Å². The molecule has 1 atom stereocenters. The number of methoxy groups -OCH3 is 1. The molecule has 1 unspecified atom stereocenters. The van der Waals surface area contributed by atoms with Gasteiger partial charge in [0.05, 0.1) is 13.2 Å². The summed E-state index contributed by atoms with van der Waals surface area (Å²) in [4.78, 5) is 2.24. The maximum absolute atomic E-state index is 5.54.